The summed E-state index contributed by atoms with van der Waals surface area (Å²) >= 11 is 0. The molecule has 0 radical (unpaired) electrons. The molecule has 9 heteroatoms. The minimum Gasteiger partial charge on any atom is -0.489 e. The molecule has 2 saturated heterocycles. The molecule has 9 nitrogen and oxygen atoms in total. The third-order valence-corrected chi connectivity index (χ3v) is 9.00. The number of imide groups is 1. The van der Waals surface area contributed by atoms with Gasteiger partial charge in [-0.3, -0.25) is 29.4 Å². The van der Waals surface area contributed by atoms with Gasteiger partial charge in [0.1, 0.15) is 18.4 Å². The SMILES string of the molecule is O=C1CCC(N2Cc3c(OCc4ccc(CN5CCN(C(=O)C6CCCCC6)CC5)cc4)cccc3C2=O)C(=O)N1. The largest absolute Gasteiger partial charge is 0.489 e. The van der Waals surface area contributed by atoms with Gasteiger partial charge in [-0.1, -0.05) is 49.6 Å². The van der Waals surface area contributed by atoms with Crippen molar-refractivity contribution in [1.29, 1.82) is 0 Å². The number of benzene rings is 2. The average Bonchev–Trinajstić information content (AvgIpc) is 3.34. The molecule has 0 bridgehead atoms. The maximum atomic E-state index is 13.1. The van der Waals surface area contributed by atoms with E-state index in [4.69, 9.17) is 4.74 Å². The number of carbonyl (C=O) groups excluding carboxylic acids is 4. The zero-order chi connectivity index (χ0) is 28.3. The average molecular weight is 559 g/mol. The third-order valence-electron chi connectivity index (χ3n) is 9.00. The van der Waals surface area contributed by atoms with Gasteiger partial charge in [0.15, 0.2) is 0 Å². The summed E-state index contributed by atoms with van der Waals surface area (Å²) in [5.74, 6) is 0.325. The number of fused-ring (bicyclic) bond motifs is 1. The number of piperazine rings is 1. The summed E-state index contributed by atoms with van der Waals surface area (Å²) in [5, 5.41) is 2.34. The third kappa shape index (κ3) is 6.00. The Kier molecular flexibility index (Phi) is 8.05. The van der Waals surface area contributed by atoms with Crippen molar-refractivity contribution in [2.24, 2.45) is 5.92 Å². The van der Waals surface area contributed by atoms with Crippen LogP contribution in [0.3, 0.4) is 0 Å². The van der Waals surface area contributed by atoms with Gasteiger partial charge >= 0.3 is 0 Å². The molecule has 4 amide bonds. The number of nitrogens with one attached hydrogen (secondary N) is 1. The van der Waals surface area contributed by atoms with E-state index in [1.807, 2.05) is 6.07 Å². The molecular formula is C32H38N4O5. The normalized spacial score (nSPS) is 22.0. The number of carbonyl (C=O) groups is 4. The lowest BCUT2D eigenvalue weighted by Crippen LogP contribution is -2.52. The van der Waals surface area contributed by atoms with E-state index in [1.54, 1.807) is 17.0 Å². The van der Waals surface area contributed by atoms with E-state index in [1.165, 1.54) is 24.8 Å². The molecule has 1 aliphatic carbocycles. The number of piperidine rings is 1. The molecule has 0 aromatic heterocycles. The first-order valence-corrected chi connectivity index (χ1v) is 14.9. The van der Waals surface area contributed by atoms with Crippen LogP contribution in [0, 0.1) is 5.92 Å². The van der Waals surface area contributed by atoms with E-state index in [9.17, 15) is 19.2 Å². The van der Waals surface area contributed by atoms with Crippen LogP contribution in [0.15, 0.2) is 42.5 Å². The second-order valence-corrected chi connectivity index (χ2v) is 11.7. The number of ether oxygens (including phenoxy) is 1. The molecule has 1 N–H and O–H groups in total. The summed E-state index contributed by atoms with van der Waals surface area (Å²) in [6.45, 7) is 4.93. The second-order valence-electron chi connectivity index (χ2n) is 11.7. The molecule has 2 aromatic rings. The standard InChI is InChI=1S/C32H38N4O5/c37-29-14-13-27(30(38)33-29)36-20-26-25(32(36)40)7-4-8-28(26)41-21-23-11-9-22(10-12-23)19-34-15-17-35(18-16-34)31(39)24-5-2-1-3-6-24/h4,7-12,24,27H,1-3,5-6,13-21H2,(H,33,37,38). The minimum atomic E-state index is -0.645. The van der Waals surface area contributed by atoms with Crippen molar-refractivity contribution in [3.63, 3.8) is 0 Å². The molecule has 1 saturated carbocycles. The first-order chi connectivity index (χ1) is 20.0. The van der Waals surface area contributed by atoms with Crippen molar-refractivity contribution >= 4 is 23.6 Å². The quantitative estimate of drug-likeness (QED) is 0.524. The van der Waals surface area contributed by atoms with Crippen molar-refractivity contribution < 1.29 is 23.9 Å². The minimum absolute atomic E-state index is 0.205. The van der Waals surface area contributed by atoms with E-state index in [0.29, 0.717) is 30.2 Å². The summed E-state index contributed by atoms with van der Waals surface area (Å²) in [6.07, 6.45) is 6.32. The summed E-state index contributed by atoms with van der Waals surface area (Å²) in [6, 6.07) is 13.2. The predicted molar refractivity (Wildman–Crippen MR) is 152 cm³/mol. The lowest BCUT2D eigenvalue weighted by molar-refractivity contribution is -0.139. The van der Waals surface area contributed by atoms with Crippen LogP contribution in [-0.4, -0.2) is 70.5 Å². The Hall–Kier alpha value is -3.72. The fourth-order valence-electron chi connectivity index (χ4n) is 6.59. The Labute approximate surface area is 240 Å². The van der Waals surface area contributed by atoms with Crippen LogP contribution >= 0.6 is 0 Å². The van der Waals surface area contributed by atoms with Crippen LogP contribution in [0.4, 0.5) is 0 Å². The lowest BCUT2D eigenvalue weighted by Gasteiger charge is -2.37. The van der Waals surface area contributed by atoms with Gasteiger partial charge in [0, 0.05) is 56.2 Å². The first kappa shape index (κ1) is 27.4. The fourth-order valence-corrected chi connectivity index (χ4v) is 6.59. The lowest BCUT2D eigenvalue weighted by atomic mass is 9.88. The van der Waals surface area contributed by atoms with Crippen molar-refractivity contribution in [3.05, 3.63) is 64.7 Å². The molecule has 4 aliphatic rings. The van der Waals surface area contributed by atoms with Gasteiger partial charge in [-0.2, -0.15) is 0 Å². The van der Waals surface area contributed by atoms with E-state index < -0.39 is 11.9 Å². The molecule has 216 valence electrons. The summed E-state index contributed by atoms with van der Waals surface area (Å²) in [4.78, 5) is 55.8. The van der Waals surface area contributed by atoms with Gasteiger partial charge < -0.3 is 14.5 Å². The molecule has 0 spiro atoms. The molecule has 2 aromatic carbocycles. The highest BCUT2D eigenvalue weighted by molar-refractivity contribution is 6.05. The molecular weight excluding hydrogens is 520 g/mol. The molecule has 3 fully saturated rings. The molecule has 1 atom stereocenters. The van der Waals surface area contributed by atoms with Crippen LogP contribution in [-0.2, 0) is 34.1 Å². The topological polar surface area (TPSA) is 99.3 Å². The number of hydrogen-bond donors (Lipinski definition) is 1. The van der Waals surface area contributed by atoms with Crippen molar-refractivity contribution in [3.8, 4) is 5.75 Å². The van der Waals surface area contributed by atoms with Crippen LogP contribution in [0.5, 0.6) is 5.75 Å². The fraction of sp³-hybridized carbons (Fsp3) is 0.500. The summed E-state index contributed by atoms with van der Waals surface area (Å²) in [7, 11) is 0. The van der Waals surface area contributed by atoms with Gasteiger partial charge in [0.05, 0.1) is 6.54 Å². The smallest absolute Gasteiger partial charge is 0.255 e. The Morgan fingerprint density at radius 1 is 0.878 bits per heavy atom. The second kappa shape index (κ2) is 12.0. The van der Waals surface area contributed by atoms with E-state index in [2.05, 4.69) is 39.4 Å². The monoisotopic (exact) mass is 558 g/mol. The Morgan fingerprint density at radius 2 is 1.61 bits per heavy atom. The Morgan fingerprint density at radius 3 is 2.34 bits per heavy atom. The van der Waals surface area contributed by atoms with Gasteiger partial charge in [0.25, 0.3) is 5.91 Å². The van der Waals surface area contributed by atoms with Gasteiger partial charge in [-0.25, -0.2) is 0 Å². The van der Waals surface area contributed by atoms with E-state index in [-0.39, 0.29) is 30.7 Å². The Bertz CT molecular complexity index is 1310. The van der Waals surface area contributed by atoms with E-state index in [0.717, 1.165) is 56.7 Å². The van der Waals surface area contributed by atoms with Crippen LogP contribution in [0.1, 0.15) is 72.0 Å². The van der Waals surface area contributed by atoms with Crippen molar-refractivity contribution in [2.45, 2.75) is 70.7 Å². The highest BCUT2D eigenvalue weighted by Crippen LogP contribution is 2.34. The van der Waals surface area contributed by atoms with Gasteiger partial charge in [-0.05, 0) is 42.5 Å². The van der Waals surface area contributed by atoms with Gasteiger partial charge in [-0.15, -0.1) is 0 Å². The zero-order valence-electron chi connectivity index (χ0n) is 23.5. The maximum absolute atomic E-state index is 13.1. The first-order valence-electron chi connectivity index (χ1n) is 14.9. The summed E-state index contributed by atoms with van der Waals surface area (Å²) in [5.41, 5.74) is 3.58. The molecule has 3 heterocycles. The number of nitrogens with zero attached hydrogens (tertiary/aromatic N) is 3. The summed E-state index contributed by atoms with van der Waals surface area (Å²) < 4.78 is 6.16. The zero-order valence-corrected chi connectivity index (χ0v) is 23.5. The molecule has 3 aliphatic heterocycles. The highest BCUT2D eigenvalue weighted by Gasteiger charge is 2.40. The molecule has 1 unspecified atom stereocenters. The van der Waals surface area contributed by atoms with E-state index >= 15 is 0 Å². The number of rotatable bonds is 7. The van der Waals surface area contributed by atoms with Crippen molar-refractivity contribution in [2.75, 3.05) is 26.2 Å². The van der Waals surface area contributed by atoms with Crippen LogP contribution in [0.2, 0.25) is 0 Å². The number of hydrogen-bond acceptors (Lipinski definition) is 6. The van der Waals surface area contributed by atoms with Crippen LogP contribution in [0.25, 0.3) is 0 Å². The Balaban J connectivity index is 1.00. The predicted octanol–water partition coefficient (Wildman–Crippen LogP) is 3.25. The van der Waals surface area contributed by atoms with Gasteiger partial charge in [0.2, 0.25) is 17.7 Å². The molecule has 41 heavy (non-hydrogen) atoms. The van der Waals surface area contributed by atoms with Crippen molar-refractivity contribution in [1.82, 2.24) is 20.0 Å². The van der Waals surface area contributed by atoms with Crippen LogP contribution < -0.4 is 10.1 Å². The number of amides is 4. The highest BCUT2D eigenvalue weighted by atomic mass is 16.5. The maximum Gasteiger partial charge on any atom is 0.255 e. The molecule has 6 rings (SSSR count).